The van der Waals surface area contributed by atoms with Crippen molar-refractivity contribution in [1.82, 2.24) is 4.90 Å². The van der Waals surface area contributed by atoms with Crippen molar-refractivity contribution in [1.29, 1.82) is 0 Å². The average Bonchev–Trinajstić information content (AvgIpc) is 2.96. The highest BCUT2D eigenvalue weighted by atomic mass is 35.5. The maximum absolute atomic E-state index is 9.36. The maximum Gasteiger partial charge on any atom is 0.127 e. The van der Waals surface area contributed by atoms with Crippen molar-refractivity contribution in [3.63, 3.8) is 0 Å². The van der Waals surface area contributed by atoms with Crippen LogP contribution in [-0.4, -0.2) is 35.8 Å². The van der Waals surface area contributed by atoms with E-state index >= 15 is 0 Å². The molecule has 0 unspecified atom stereocenters. The highest BCUT2D eigenvalue weighted by molar-refractivity contribution is 6.30. The standard InChI is InChI=1S/C14H18ClNO2/c15-12-6-10-3-5-18-14(10)11(7-12)8-16-4-1-2-13(16)9-17/h6-7,13,17H,1-5,8-9H2/t13-/m0/s1. The summed E-state index contributed by atoms with van der Waals surface area (Å²) in [5, 5.41) is 10.1. The Morgan fingerprint density at radius 1 is 1.44 bits per heavy atom. The van der Waals surface area contributed by atoms with E-state index in [-0.39, 0.29) is 6.61 Å². The van der Waals surface area contributed by atoms with Crippen LogP contribution in [0.5, 0.6) is 5.75 Å². The molecule has 4 heteroatoms. The van der Waals surface area contributed by atoms with Crippen LogP contribution in [0.1, 0.15) is 24.0 Å². The highest BCUT2D eigenvalue weighted by Gasteiger charge is 2.26. The van der Waals surface area contributed by atoms with Crippen LogP contribution in [0, 0.1) is 0 Å². The first-order valence-corrected chi connectivity index (χ1v) is 6.94. The first-order chi connectivity index (χ1) is 8.78. The molecule has 0 amide bonds. The molecule has 2 aliphatic rings. The topological polar surface area (TPSA) is 32.7 Å². The number of likely N-dealkylation sites (tertiary alicyclic amines) is 1. The number of halogens is 1. The van der Waals surface area contributed by atoms with Crippen molar-refractivity contribution in [2.45, 2.75) is 31.8 Å². The highest BCUT2D eigenvalue weighted by Crippen LogP contribution is 2.34. The molecule has 1 saturated heterocycles. The van der Waals surface area contributed by atoms with Gasteiger partial charge in [-0.2, -0.15) is 0 Å². The van der Waals surface area contributed by atoms with E-state index < -0.39 is 0 Å². The van der Waals surface area contributed by atoms with Gasteiger partial charge in [-0.1, -0.05) is 11.6 Å². The normalized spacial score (nSPS) is 23.1. The van der Waals surface area contributed by atoms with Gasteiger partial charge in [0.25, 0.3) is 0 Å². The summed E-state index contributed by atoms with van der Waals surface area (Å²) in [6, 6.07) is 4.29. The molecule has 0 spiro atoms. The predicted molar refractivity (Wildman–Crippen MR) is 71.2 cm³/mol. The molecule has 2 aliphatic heterocycles. The van der Waals surface area contributed by atoms with Crippen LogP contribution < -0.4 is 4.74 Å². The molecule has 1 aromatic rings. The fourth-order valence-corrected chi connectivity index (χ4v) is 3.26. The van der Waals surface area contributed by atoms with E-state index in [0.717, 1.165) is 55.3 Å². The summed E-state index contributed by atoms with van der Waals surface area (Å²) in [5.74, 6) is 1.02. The average molecular weight is 268 g/mol. The molecule has 1 N–H and O–H groups in total. The molecule has 3 nitrogen and oxygen atoms in total. The molecule has 0 aromatic heterocycles. The summed E-state index contributed by atoms with van der Waals surface area (Å²) in [5.41, 5.74) is 2.38. The van der Waals surface area contributed by atoms with Crippen molar-refractivity contribution >= 4 is 11.6 Å². The summed E-state index contributed by atoms with van der Waals surface area (Å²) >= 11 is 6.16. The number of rotatable bonds is 3. The van der Waals surface area contributed by atoms with Gasteiger partial charge in [0.1, 0.15) is 5.75 Å². The van der Waals surface area contributed by atoms with Gasteiger partial charge in [-0.25, -0.2) is 0 Å². The van der Waals surface area contributed by atoms with E-state index in [2.05, 4.69) is 4.90 Å². The summed E-state index contributed by atoms with van der Waals surface area (Å²) < 4.78 is 5.72. The number of hydrogen-bond donors (Lipinski definition) is 1. The van der Waals surface area contributed by atoms with Gasteiger partial charge < -0.3 is 9.84 Å². The summed E-state index contributed by atoms with van der Waals surface area (Å²) in [6.45, 7) is 2.87. The van der Waals surface area contributed by atoms with Gasteiger partial charge >= 0.3 is 0 Å². The SMILES string of the molecule is OC[C@@H]1CCCN1Cc1cc(Cl)cc2c1OCC2. The van der Waals surface area contributed by atoms with Crippen molar-refractivity contribution in [2.75, 3.05) is 19.8 Å². The Balaban J connectivity index is 1.84. The Labute approximate surface area is 112 Å². The van der Waals surface area contributed by atoms with Crippen LogP contribution in [0.2, 0.25) is 5.02 Å². The van der Waals surface area contributed by atoms with Gasteiger partial charge in [-0.15, -0.1) is 0 Å². The summed E-state index contributed by atoms with van der Waals surface area (Å²) in [4.78, 5) is 2.33. The molecule has 18 heavy (non-hydrogen) atoms. The zero-order valence-corrected chi connectivity index (χ0v) is 11.1. The van der Waals surface area contributed by atoms with Crippen LogP contribution in [0.15, 0.2) is 12.1 Å². The van der Waals surface area contributed by atoms with Gasteiger partial charge in [-0.3, -0.25) is 4.90 Å². The molecule has 0 saturated carbocycles. The first kappa shape index (κ1) is 12.3. The second-order valence-corrected chi connectivity index (χ2v) is 5.54. The van der Waals surface area contributed by atoms with Gasteiger partial charge in [-0.05, 0) is 37.1 Å². The second kappa shape index (κ2) is 5.08. The van der Waals surface area contributed by atoms with Gasteiger partial charge in [0.05, 0.1) is 13.2 Å². The molecule has 3 rings (SSSR count). The zero-order valence-electron chi connectivity index (χ0n) is 10.4. The number of aliphatic hydroxyl groups is 1. The Kier molecular flexibility index (Phi) is 3.46. The first-order valence-electron chi connectivity index (χ1n) is 6.57. The number of aliphatic hydroxyl groups excluding tert-OH is 1. The molecule has 1 aromatic carbocycles. The Bertz CT molecular complexity index is 450. The van der Waals surface area contributed by atoms with Crippen molar-refractivity contribution in [3.05, 3.63) is 28.3 Å². The Morgan fingerprint density at radius 2 is 2.33 bits per heavy atom. The Hall–Kier alpha value is -0.770. The minimum absolute atomic E-state index is 0.240. The van der Waals surface area contributed by atoms with Gasteiger partial charge in [0.15, 0.2) is 0 Å². The van der Waals surface area contributed by atoms with Gasteiger partial charge in [0, 0.05) is 29.6 Å². The fraction of sp³-hybridized carbons (Fsp3) is 0.571. The fourth-order valence-electron chi connectivity index (χ4n) is 2.99. The second-order valence-electron chi connectivity index (χ2n) is 5.10. The van der Waals surface area contributed by atoms with E-state index in [1.807, 2.05) is 12.1 Å². The quantitative estimate of drug-likeness (QED) is 0.912. The third kappa shape index (κ3) is 2.22. The monoisotopic (exact) mass is 267 g/mol. The predicted octanol–water partition coefficient (Wildman–Crippen LogP) is 2.23. The van der Waals surface area contributed by atoms with E-state index in [1.165, 1.54) is 5.56 Å². The minimum Gasteiger partial charge on any atom is -0.493 e. The van der Waals surface area contributed by atoms with Crippen LogP contribution in [-0.2, 0) is 13.0 Å². The molecule has 2 heterocycles. The number of hydrogen-bond acceptors (Lipinski definition) is 3. The van der Waals surface area contributed by atoms with Crippen LogP contribution in [0.3, 0.4) is 0 Å². The lowest BCUT2D eigenvalue weighted by Crippen LogP contribution is -2.31. The number of nitrogens with zero attached hydrogens (tertiary/aromatic N) is 1. The molecule has 1 atom stereocenters. The molecule has 0 aliphatic carbocycles. The Morgan fingerprint density at radius 3 is 3.17 bits per heavy atom. The third-order valence-electron chi connectivity index (χ3n) is 3.91. The molecule has 98 valence electrons. The zero-order chi connectivity index (χ0) is 12.5. The van der Waals surface area contributed by atoms with E-state index in [9.17, 15) is 5.11 Å². The number of fused-ring (bicyclic) bond motifs is 1. The lowest BCUT2D eigenvalue weighted by Gasteiger charge is -2.23. The molecule has 0 bridgehead atoms. The van der Waals surface area contributed by atoms with E-state index in [1.54, 1.807) is 0 Å². The van der Waals surface area contributed by atoms with Crippen molar-refractivity contribution < 1.29 is 9.84 Å². The van der Waals surface area contributed by atoms with Crippen LogP contribution in [0.4, 0.5) is 0 Å². The maximum atomic E-state index is 9.36. The van der Waals surface area contributed by atoms with E-state index in [0.29, 0.717) is 6.04 Å². The summed E-state index contributed by atoms with van der Waals surface area (Å²) in [7, 11) is 0. The summed E-state index contributed by atoms with van der Waals surface area (Å²) in [6.07, 6.45) is 3.20. The third-order valence-corrected chi connectivity index (χ3v) is 4.13. The lowest BCUT2D eigenvalue weighted by atomic mass is 10.1. The minimum atomic E-state index is 0.240. The molecular formula is C14H18ClNO2. The van der Waals surface area contributed by atoms with Crippen molar-refractivity contribution in [2.24, 2.45) is 0 Å². The largest absolute Gasteiger partial charge is 0.493 e. The number of ether oxygens (including phenoxy) is 1. The molecule has 0 radical (unpaired) electrons. The smallest absolute Gasteiger partial charge is 0.127 e. The van der Waals surface area contributed by atoms with Gasteiger partial charge in [0.2, 0.25) is 0 Å². The number of benzene rings is 1. The lowest BCUT2D eigenvalue weighted by molar-refractivity contribution is 0.152. The van der Waals surface area contributed by atoms with Crippen molar-refractivity contribution in [3.8, 4) is 5.75 Å². The van der Waals surface area contributed by atoms with Crippen LogP contribution in [0.25, 0.3) is 0 Å². The molecule has 1 fully saturated rings. The van der Waals surface area contributed by atoms with E-state index in [4.69, 9.17) is 16.3 Å². The molecular weight excluding hydrogens is 250 g/mol. The van der Waals surface area contributed by atoms with Crippen LogP contribution >= 0.6 is 11.6 Å².